The van der Waals surface area contributed by atoms with Gasteiger partial charge in [-0.15, -0.1) is 0 Å². The molecule has 1 unspecified atom stereocenters. The lowest BCUT2D eigenvalue weighted by Crippen LogP contribution is -2.34. The number of nitrogens with one attached hydrogen (secondary N) is 3. The molecule has 0 saturated heterocycles. The fourth-order valence-electron chi connectivity index (χ4n) is 2.51. The van der Waals surface area contributed by atoms with Crippen LogP contribution in [0.4, 0.5) is 0 Å². The highest BCUT2D eigenvalue weighted by molar-refractivity contribution is 9.10. The standard InChI is InChI=1S/C15H22BrN3O/c1-5-15(3,4)13(17-6-2)9-7-11-12(8-10(9)16)19-14(20)18-11/h7-8,13,17H,5-6H2,1-4H3,(H2,18,19,20). The molecule has 0 aliphatic rings. The number of halogens is 1. The Kier molecular flexibility index (Phi) is 4.39. The third kappa shape index (κ3) is 2.83. The average molecular weight is 340 g/mol. The summed E-state index contributed by atoms with van der Waals surface area (Å²) in [5.41, 5.74) is 2.82. The average Bonchev–Trinajstić information content (AvgIpc) is 2.74. The van der Waals surface area contributed by atoms with Crippen LogP contribution in [0.3, 0.4) is 0 Å². The molecular weight excluding hydrogens is 318 g/mol. The van der Waals surface area contributed by atoms with Crippen LogP contribution in [0.2, 0.25) is 0 Å². The molecule has 1 heterocycles. The molecule has 110 valence electrons. The maximum Gasteiger partial charge on any atom is 0.323 e. The van der Waals surface area contributed by atoms with Crippen molar-refractivity contribution >= 4 is 27.0 Å². The topological polar surface area (TPSA) is 60.7 Å². The minimum absolute atomic E-state index is 0.128. The Morgan fingerprint density at radius 1 is 1.25 bits per heavy atom. The minimum Gasteiger partial charge on any atom is -0.310 e. The van der Waals surface area contributed by atoms with E-state index >= 15 is 0 Å². The van der Waals surface area contributed by atoms with Crippen LogP contribution in [-0.2, 0) is 0 Å². The number of imidazole rings is 1. The number of hydrogen-bond acceptors (Lipinski definition) is 2. The van der Waals surface area contributed by atoms with Crippen molar-refractivity contribution in [2.45, 2.75) is 40.2 Å². The monoisotopic (exact) mass is 339 g/mol. The molecule has 5 heteroatoms. The van der Waals surface area contributed by atoms with Crippen LogP contribution < -0.4 is 11.0 Å². The summed E-state index contributed by atoms with van der Waals surface area (Å²) in [5, 5.41) is 3.57. The van der Waals surface area contributed by atoms with Gasteiger partial charge in [0.25, 0.3) is 0 Å². The lowest BCUT2D eigenvalue weighted by atomic mass is 9.78. The molecule has 0 amide bonds. The van der Waals surface area contributed by atoms with Gasteiger partial charge in [0.2, 0.25) is 0 Å². The molecule has 20 heavy (non-hydrogen) atoms. The van der Waals surface area contributed by atoms with Crippen LogP contribution in [0.1, 0.15) is 45.7 Å². The lowest BCUT2D eigenvalue weighted by molar-refractivity contribution is 0.237. The molecule has 3 N–H and O–H groups in total. The first-order chi connectivity index (χ1) is 9.39. The van der Waals surface area contributed by atoms with Crippen molar-refractivity contribution in [3.8, 4) is 0 Å². The molecule has 0 fully saturated rings. The van der Waals surface area contributed by atoms with E-state index in [2.05, 4.69) is 65.0 Å². The van der Waals surface area contributed by atoms with Crippen LogP contribution >= 0.6 is 15.9 Å². The van der Waals surface area contributed by atoms with E-state index in [1.165, 1.54) is 5.56 Å². The van der Waals surface area contributed by atoms with E-state index in [9.17, 15) is 4.79 Å². The Morgan fingerprint density at radius 2 is 1.85 bits per heavy atom. The molecular formula is C15H22BrN3O. The van der Waals surface area contributed by atoms with E-state index in [1.807, 2.05) is 6.07 Å². The SMILES string of the molecule is CCNC(c1cc2[nH]c(=O)[nH]c2cc1Br)C(C)(C)CC. The molecule has 1 aromatic heterocycles. The highest BCUT2D eigenvalue weighted by Crippen LogP contribution is 2.40. The zero-order valence-electron chi connectivity index (χ0n) is 12.4. The van der Waals surface area contributed by atoms with Gasteiger partial charge in [0, 0.05) is 10.5 Å². The van der Waals surface area contributed by atoms with Gasteiger partial charge in [-0.1, -0.05) is 43.6 Å². The summed E-state index contributed by atoms with van der Waals surface area (Å²) in [4.78, 5) is 17.0. The van der Waals surface area contributed by atoms with Gasteiger partial charge in [-0.25, -0.2) is 4.79 Å². The number of benzene rings is 1. The largest absolute Gasteiger partial charge is 0.323 e. The van der Waals surface area contributed by atoms with Gasteiger partial charge in [-0.3, -0.25) is 0 Å². The molecule has 0 saturated carbocycles. The second-order valence-corrected chi connectivity index (χ2v) is 6.69. The molecule has 0 bridgehead atoms. The van der Waals surface area contributed by atoms with Gasteiger partial charge in [-0.05, 0) is 36.1 Å². The van der Waals surface area contributed by atoms with Gasteiger partial charge in [-0.2, -0.15) is 0 Å². The van der Waals surface area contributed by atoms with Crippen molar-refractivity contribution < 1.29 is 0 Å². The van der Waals surface area contributed by atoms with Crippen molar-refractivity contribution in [1.29, 1.82) is 0 Å². The third-order valence-electron chi connectivity index (χ3n) is 4.05. The molecule has 4 nitrogen and oxygen atoms in total. The normalized spacial score (nSPS) is 13.8. The van der Waals surface area contributed by atoms with Crippen molar-refractivity contribution in [3.63, 3.8) is 0 Å². The Labute approximate surface area is 127 Å². The summed E-state index contributed by atoms with van der Waals surface area (Å²) in [5.74, 6) is 0. The van der Waals surface area contributed by atoms with E-state index in [-0.39, 0.29) is 17.1 Å². The van der Waals surface area contributed by atoms with Crippen molar-refractivity contribution in [2.24, 2.45) is 5.41 Å². The zero-order chi connectivity index (χ0) is 14.9. The second kappa shape index (κ2) is 5.74. The van der Waals surface area contributed by atoms with Crippen LogP contribution in [0.25, 0.3) is 11.0 Å². The molecule has 2 aromatic rings. The molecule has 0 spiro atoms. The van der Waals surface area contributed by atoms with Gasteiger partial charge in [0.15, 0.2) is 0 Å². The van der Waals surface area contributed by atoms with Crippen molar-refractivity contribution in [3.05, 3.63) is 32.7 Å². The third-order valence-corrected chi connectivity index (χ3v) is 4.73. The Morgan fingerprint density at radius 3 is 2.40 bits per heavy atom. The fraction of sp³-hybridized carbons (Fsp3) is 0.533. The van der Waals surface area contributed by atoms with E-state index in [0.717, 1.165) is 28.5 Å². The Hall–Kier alpha value is -1.07. The first-order valence-corrected chi connectivity index (χ1v) is 7.83. The van der Waals surface area contributed by atoms with Crippen molar-refractivity contribution in [1.82, 2.24) is 15.3 Å². The summed E-state index contributed by atoms with van der Waals surface area (Å²) in [6.45, 7) is 9.74. The van der Waals surface area contributed by atoms with Gasteiger partial charge < -0.3 is 15.3 Å². The zero-order valence-corrected chi connectivity index (χ0v) is 14.0. The maximum absolute atomic E-state index is 11.4. The van der Waals surface area contributed by atoms with E-state index < -0.39 is 0 Å². The predicted octanol–water partition coefficient (Wildman–Crippen LogP) is 3.71. The summed E-state index contributed by atoms with van der Waals surface area (Å²) in [6, 6.07) is 4.26. The number of hydrogen-bond donors (Lipinski definition) is 3. The summed E-state index contributed by atoms with van der Waals surface area (Å²) >= 11 is 3.64. The number of aromatic amines is 2. The number of fused-ring (bicyclic) bond motifs is 1. The fourth-order valence-corrected chi connectivity index (χ4v) is 3.08. The van der Waals surface area contributed by atoms with Gasteiger partial charge >= 0.3 is 5.69 Å². The quantitative estimate of drug-likeness (QED) is 0.777. The minimum atomic E-state index is -0.168. The Balaban J connectivity index is 2.57. The number of rotatable bonds is 5. The summed E-state index contributed by atoms with van der Waals surface area (Å²) in [7, 11) is 0. The lowest BCUT2D eigenvalue weighted by Gasteiger charge is -2.35. The number of aromatic nitrogens is 2. The molecule has 0 aliphatic carbocycles. The highest BCUT2D eigenvalue weighted by atomic mass is 79.9. The first-order valence-electron chi connectivity index (χ1n) is 7.04. The summed E-state index contributed by atoms with van der Waals surface area (Å²) < 4.78 is 1.02. The van der Waals surface area contributed by atoms with E-state index in [0.29, 0.717) is 0 Å². The van der Waals surface area contributed by atoms with Gasteiger partial charge in [0.1, 0.15) is 0 Å². The van der Waals surface area contributed by atoms with Crippen LogP contribution in [0, 0.1) is 5.41 Å². The smallest absolute Gasteiger partial charge is 0.310 e. The van der Waals surface area contributed by atoms with Crippen molar-refractivity contribution in [2.75, 3.05) is 6.54 Å². The summed E-state index contributed by atoms with van der Waals surface area (Å²) in [6.07, 6.45) is 1.07. The Bertz CT molecular complexity index is 657. The molecule has 1 aromatic carbocycles. The van der Waals surface area contributed by atoms with E-state index in [1.54, 1.807) is 0 Å². The van der Waals surface area contributed by atoms with Gasteiger partial charge in [0.05, 0.1) is 11.0 Å². The molecule has 2 rings (SSSR count). The number of H-pyrrole nitrogens is 2. The molecule has 1 atom stereocenters. The highest BCUT2D eigenvalue weighted by Gasteiger charge is 2.30. The van der Waals surface area contributed by atoms with E-state index in [4.69, 9.17) is 0 Å². The van der Waals surface area contributed by atoms with Crippen LogP contribution in [-0.4, -0.2) is 16.5 Å². The predicted molar refractivity (Wildman–Crippen MR) is 87.1 cm³/mol. The first kappa shape index (κ1) is 15.3. The second-order valence-electron chi connectivity index (χ2n) is 5.83. The maximum atomic E-state index is 11.4. The van der Waals surface area contributed by atoms with Crippen LogP contribution in [0.5, 0.6) is 0 Å². The van der Waals surface area contributed by atoms with Crippen LogP contribution in [0.15, 0.2) is 21.4 Å². The molecule has 0 aliphatic heterocycles. The molecule has 0 radical (unpaired) electrons.